The lowest BCUT2D eigenvalue weighted by Crippen LogP contribution is -2.33. The van der Waals surface area contributed by atoms with Crippen LogP contribution >= 0.6 is 0 Å². The summed E-state index contributed by atoms with van der Waals surface area (Å²) in [6.07, 6.45) is 2.26. The molecule has 0 bridgehead atoms. The maximum atomic E-state index is 13.5. The van der Waals surface area contributed by atoms with Crippen LogP contribution in [0.4, 0.5) is 11.5 Å². The highest BCUT2D eigenvalue weighted by Crippen LogP contribution is 2.21. The SMILES string of the molecule is CCOOCCCN(C(=O)c1ccc2c(c1)nc(CNc1ccc(C(=N)N)cc1)n2C)c1ccccn1. The van der Waals surface area contributed by atoms with Crippen LogP contribution in [0.15, 0.2) is 66.9 Å². The summed E-state index contributed by atoms with van der Waals surface area (Å²) in [7, 11) is 1.95. The highest BCUT2D eigenvalue weighted by atomic mass is 17.2. The number of amides is 1. The normalized spacial score (nSPS) is 11.0. The Hall–Kier alpha value is -4.28. The minimum absolute atomic E-state index is 0.0349. The van der Waals surface area contributed by atoms with Crippen LogP contribution in [0.1, 0.15) is 35.1 Å². The number of aryl methyl sites for hydroxylation is 1. The smallest absolute Gasteiger partial charge is 0.259 e. The van der Waals surface area contributed by atoms with Gasteiger partial charge in [-0.15, -0.1) is 0 Å². The molecule has 0 atom stereocenters. The van der Waals surface area contributed by atoms with Crippen molar-refractivity contribution >= 4 is 34.3 Å². The first kappa shape index (κ1) is 25.8. The van der Waals surface area contributed by atoms with Gasteiger partial charge in [-0.3, -0.25) is 15.1 Å². The monoisotopic (exact) mass is 501 g/mol. The number of carbonyl (C=O) groups is 1. The van der Waals surface area contributed by atoms with Gasteiger partial charge in [0.05, 0.1) is 30.8 Å². The molecule has 0 saturated heterocycles. The maximum Gasteiger partial charge on any atom is 0.259 e. The summed E-state index contributed by atoms with van der Waals surface area (Å²) in [4.78, 5) is 34.4. The van der Waals surface area contributed by atoms with Gasteiger partial charge in [-0.1, -0.05) is 6.07 Å². The number of rotatable bonds is 12. The van der Waals surface area contributed by atoms with Gasteiger partial charge in [-0.2, -0.15) is 0 Å². The largest absolute Gasteiger partial charge is 0.384 e. The standard InChI is InChI=1S/C27H31N7O3/c1-3-36-37-16-6-15-34(24-7-4-5-14-30-24)27(35)20-10-13-23-22(17-20)32-25(33(23)2)18-31-21-11-8-19(9-12-21)26(28)29/h4-5,7-14,17,31H,3,6,15-16,18H2,1-2H3,(H3,28,29). The van der Waals surface area contributed by atoms with Gasteiger partial charge in [0, 0.05) is 36.6 Å². The molecule has 37 heavy (non-hydrogen) atoms. The Morgan fingerprint density at radius 1 is 1.11 bits per heavy atom. The molecule has 2 aromatic heterocycles. The molecule has 192 valence electrons. The summed E-state index contributed by atoms with van der Waals surface area (Å²) in [6, 6.07) is 18.4. The third-order valence-electron chi connectivity index (χ3n) is 5.85. The van der Waals surface area contributed by atoms with Gasteiger partial charge >= 0.3 is 0 Å². The number of benzene rings is 2. The molecule has 0 aliphatic heterocycles. The van der Waals surface area contributed by atoms with Crippen molar-refractivity contribution in [3.05, 3.63) is 83.8 Å². The van der Waals surface area contributed by atoms with Gasteiger partial charge in [0.25, 0.3) is 5.91 Å². The average Bonchev–Trinajstić information content (AvgIpc) is 3.24. The van der Waals surface area contributed by atoms with Crippen LogP contribution < -0.4 is 16.0 Å². The van der Waals surface area contributed by atoms with E-state index in [9.17, 15) is 4.79 Å². The van der Waals surface area contributed by atoms with Gasteiger partial charge in [-0.05, 0) is 67.9 Å². The first-order chi connectivity index (χ1) is 18.0. The molecule has 4 aromatic rings. The number of nitrogen functional groups attached to an aromatic ring is 1. The fourth-order valence-electron chi connectivity index (χ4n) is 3.90. The second-order valence-electron chi connectivity index (χ2n) is 8.36. The second-order valence-corrected chi connectivity index (χ2v) is 8.36. The topological polar surface area (TPSA) is 131 Å². The number of anilines is 2. The molecule has 2 aromatic carbocycles. The van der Waals surface area contributed by atoms with E-state index < -0.39 is 0 Å². The molecule has 10 heteroatoms. The molecule has 0 radical (unpaired) electrons. The number of aromatic nitrogens is 3. The van der Waals surface area contributed by atoms with Crippen molar-refractivity contribution in [1.29, 1.82) is 5.41 Å². The summed E-state index contributed by atoms with van der Waals surface area (Å²) < 4.78 is 2.00. The fourth-order valence-corrected chi connectivity index (χ4v) is 3.90. The first-order valence-electron chi connectivity index (χ1n) is 12.1. The summed E-state index contributed by atoms with van der Waals surface area (Å²) in [5.74, 6) is 1.27. The molecule has 0 fully saturated rings. The molecule has 0 aliphatic rings. The van der Waals surface area contributed by atoms with Gasteiger partial charge < -0.3 is 15.6 Å². The Balaban J connectivity index is 1.51. The van der Waals surface area contributed by atoms with Crippen molar-refractivity contribution in [2.45, 2.75) is 19.9 Å². The van der Waals surface area contributed by atoms with Crippen LogP contribution in [0.3, 0.4) is 0 Å². The molecule has 0 aliphatic carbocycles. The zero-order valence-corrected chi connectivity index (χ0v) is 21.0. The zero-order chi connectivity index (χ0) is 26.2. The van der Waals surface area contributed by atoms with E-state index in [1.54, 1.807) is 23.2 Å². The number of amidine groups is 1. The molecule has 0 spiro atoms. The van der Waals surface area contributed by atoms with Crippen LogP contribution in [-0.4, -0.2) is 46.0 Å². The summed E-state index contributed by atoms with van der Waals surface area (Å²) in [5, 5.41) is 10.9. The Morgan fingerprint density at radius 2 is 1.89 bits per heavy atom. The Bertz CT molecular complexity index is 1350. The van der Waals surface area contributed by atoms with Crippen LogP contribution in [0.25, 0.3) is 11.0 Å². The number of fused-ring (bicyclic) bond motifs is 1. The van der Waals surface area contributed by atoms with Crippen molar-refractivity contribution in [1.82, 2.24) is 14.5 Å². The van der Waals surface area contributed by atoms with Gasteiger partial charge in [0.2, 0.25) is 0 Å². The number of nitrogens with one attached hydrogen (secondary N) is 2. The minimum atomic E-state index is -0.159. The molecule has 2 heterocycles. The molecule has 0 unspecified atom stereocenters. The number of nitrogens with two attached hydrogens (primary N) is 1. The van der Waals surface area contributed by atoms with Gasteiger partial charge in [0.15, 0.2) is 0 Å². The average molecular weight is 502 g/mol. The Kier molecular flexibility index (Phi) is 8.44. The third-order valence-corrected chi connectivity index (χ3v) is 5.85. The van der Waals surface area contributed by atoms with Crippen LogP contribution in [0.2, 0.25) is 0 Å². The number of pyridine rings is 1. The van der Waals surface area contributed by atoms with Crippen molar-refractivity contribution in [2.24, 2.45) is 12.8 Å². The molecular formula is C27H31N7O3. The Morgan fingerprint density at radius 3 is 2.59 bits per heavy atom. The van der Waals surface area contributed by atoms with Crippen molar-refractivity contribution in [2.75, 3.05) is 30.0 Å². The van der Waals surface area contributed by atoms with E-state index in [0.717, 1.165) is 22.5 Å². The molecule has 4 rings (SSSR count). The van der Waals surface area contributed by atoms with Gasteiger partial charge in [0.1, 0.15) is 17.5 Å². The van der Waals surface area contributed by atoms with E-state index in [1.807, 2.05) is 67.1 Å². The highest BCUT2D eigenvalue weighted by molar-refractivity contribution is 6.07. The quantitative estimate of drug-likeness (QED) is 0.0883. The third kappa shape index (κ3) is 6.29. The zero-order valence-electron chi connectivity index (χ0n) is 21.0. The van der Waals surface area contributed by atoms with E-state index >= 15 is 0 Å². The fraction of sp³-hybridized carbons (Fsp3) is 0.259. The molecule has 1 amide bonds. The number of hydrogen-bond acceptors (Lipinski definition) is 7. The number of carbonyl (C=O) groups excluding carboxylic acids is 1. The molecular weight excluding hydrogens is 470 g/mol. The predicted octanol–water partition coefficient (Wildman–Crippen LogP) is 3.87. The number of hydrogen-bond donors (Lipinski definition) is 3. The van der Waals surface area contributed by atoms with E-state index in [0.29, 0.717) is 49.7 Å². The van der Waals surface area contributed by atoms with Crippen molar-refractivity contribution in [3.63, 3.8) is 0 Å². The highest BCUT2D eigenvalue weighted by Gasteiger charge is 2.20. The Labute approximate surface area is 215 Å². The first-order valence-corrected chi connectivity index (χ1v) is 12.1. The summed E-state index contributed by atoms with van der Waals surface area (Å²) in [6.45, 7) is 3.62. The summed E-state index contributed by atoms with van der Waals surface area (Å²) >= 11 is 0. The van der Waals surface area contributed by atoms with Crippen LogP contribution in [-0.2, 0) is 23.4 Å². The minimum Gasteiger partial charge on any atom is -0.384 e. The van der Waals surface area contributed by atoms with Gasteiger partial charge in [-0.25, -0.2) is 19.7 Å². The number of imidazole rings is 1. The summed E-state index contributed by atoms with van der Waals surface area (Å²) in [5.41, 5.74) is 9.28. The second kappa shape index (κ2) is 12.1. The van der Waals surface area contributed by atoms with E-state index in [-0.39, 0.29) is 11.7 Å². The lowest BCUT2D eigenvalue weighted by molar-refractivity contribution is -0.291. The molecule has 4 N–H and O–H groups in total. The van der Waals surface area contributed by atoms with Crippen LogP contribution in [0, 0.1) is 5.41 Å². The lowest BCUT2D eigenvalue weighted by atomic mass is 10.1. The predicted molar refractivity (Wildman–Crippen MR) is 144 cm³/mol. The molecule has 0 saturated carbocycles. The van der Waals surface area contributed by atoms with E-state index in [2.05, 4.69) is 10.3 Å². The van der Waals surface area contributed by atoms with E-state index in [4.69, 9.17) is 25.9 Å². The maximum absolute atomic E-state index is 13.5. The van der Waals surface area contributed by atoms with Crippen LogP contribution in [0.5, 0.6) is 0 Å². The number of nitrogens with zero attached hydrogens (tertiary/aromatic N) is 4. The van der Waals surface area contributed by atoms with Crippen molar-refractivity contribution < 1.29 is 14.6 Å². The van der Waals surface area contributed by atoms with E-state index in [1.165, 1.54) is 0 Å². The molecule has 10 nitrogen and oxygen atoms in total. The van der Waals surface area contributed by atoms with Crippen molar-refractivity contribution in [3.8, 4) is 0 Å². The lowest BCUT2D eigenvalue weighted by Gasteiger charge is -2.21.